The van der Waals surface area contributed by atoms with Crippen molar-refractivity contribution in [3.8, 4) is 0 Å². The van der Waals surface area contributed by atoms with E-state index in [0.29, 0.717) is 29.1 Å². The van der Waals surface area contributed by atoms with Gasteiger partial charge in [-0.2, -0.15) is 0 Å². The number of rotatable bonds is 7. The minimum Gasteiger partial charge on any atom is -0.376 e. The van der Waals surface area contributed by atoms with Gasteiger partial charge in [0, 0.05) is 13.2 Å². The predicted molar refractivity (Wildman–Crippen MR) is 119 cm³/mol. The second kappa shape index (κ2) is 9.45. The summed E-state index contributed by atoms with van der Waals surface area (Å²) in [6.45, 7) is 3.49. The van der Waals surface area contributed by atoms with Gasteiger partial charge in [-0.05, 0) is 37.5 Å². The van der Waals surface area contributed by atoms with Crippen LogP contribution in [0.15, 0.2) is 64.5 Å². The summed E-state index contributed by atoms with van der Waals surface area (Å²) in [4.78, 5) is 30.5. The van der Waals surface area contributed by atoms with Crippen molar-refractivity contribution in [1.29, 1.82) is 0 Å². The second-order valence-corrected chi connectivity index (χ2v) is 8.73. The van der Waals surface area contributed by atoms with Crippen LogP contribution in [0, 0.1) is 0 Å². The molecule has 0 spiro atoms. The first-order valence-corrected chi connectivity index (χ1v) is 11.1. The predicted octanol–water partition coefficient (Wildman–Crippen LogP) is 3.37. The molecule has 1 aromatic heterocycles. The number of carbonyl (C=O) groups is 1. The third kappa shape index (κ3) is 4.74. The maximum absolute atomic E-state index is 13.2. The number of ether oxygens (including phenoxy) is 1. The Labute approximate surface area is 179 Å². The fourth-order valence-electron chi connectivity index (χ4n) is 3.53. The van der Waals surface area contributed by atoms with Crippen LogP contribution in [0.5, 0.6) is 0 Å². The molecule has 0 aliphatic carbocycles. The van der Waals surface area contributed by atoms with Crippen molar-refractivity contribution >= 4 is 28.6 Å². The van der Waals surface area contributed by atoms with Gasteiger partial charge >= 0.3 is 0 Å². The molecule has 2 atom stereocenters. The lowest BCUT2D eigenvalue weighted by molar-refractivity contribution is -0.120. The Balaban J connectivity index is 1.55. The molecule has 1 saturated heterocycles. The van der Waals surface area contributed by atoms with E-state index < -0.39 is 5.25 Å². The number of aromatic nitrogens is 2. The van der Waals surface area contributed by atoms with Crippen molar-refractivity contribution in [3.63, 3.8) is 0 Å². The second-order valence-electron chi connectivity index (χ2n) is 7.43. The quantitative estimate of drug-likeness (QED) is 0.466. The number of benzene rings is 2. The summed E-state index contributed by atoms with van der Waals surface area (Å²) in [5.41, 5.74) is 1.60. The van der Waals surface area contributed by atoms with Gasteiger partial charge in [0.2, 0.25) is 5.91 Å². The van der Waals surface area contributed by atoms with E-state index in [9.17, 15) is 9.59 Å². The van der Waals surface area contributed by atoms with Crippen LogP contribution in [0.25, 0.3) is 10.9 Å². The van der Waals surface area contributed by atoms with E-state index in [2.05, 4.69) is 5.32 Å². The summed E-state index contributed by atoms with van der Waals surface area (Å²) in [5, 5.41) is 3.71. The number of thioether (sulfide) groups is 1. The average molecular weight is 424 g/mol. The molecule has 0 unspecified atom stereocenters. The summed E-state index contributed by atoms with van der Waals surface area (Å²) < 4.78 is 7.41. The summed E-state index contributed by atoms with van der Waals surface area (Å²) >= 11 is 1.31. The molecule has 2 aromatic carbocycles. The minimum atomic E-state index is -0.391. The lowest BCUT2D eigenvalue weighted by Gasteiger charge is -2.18. The molecule has 1 aliphatic heterocycles. The van der Waals surface area contributed by atoms with E-state index in [-0.39, 0.29) is 17.6 Å². The number of fused-ring (bicyclic) bond motifs is 1. The Morgan fingerprint density at radius 3 is 2.77 bits per heavy atom. The number of para-hydroxylation sites is 1. The molecular formula is C23H25N3O3S. The lowest BCUT2D eigenvalue weighted by atomic mass is 10.2. The van der Waals surface area contributed by atoms with Crippen LogP contribution >= 0.6 is 11.8 Å². The van der Waals surface area contributed by atoms with E-state index >= 15 is 0 Å². The van der Waals surface area contributed by atoms with E-state index in [4.69, 9.17) is 9.72 Å². The fraction of sp³-hybridized carbons (Fsp3) is 0.348. The van der Waals surface area contributed by atoms with Gasteiger partial charge in [-0.3, -0.25) is 14.2 Å². The van der Waals surface area contributed by atoms with E-state index in [1.54, 1.807) is 10.6 Å². The largest absolute Gasteiger partial charge is 0.376 e. The molecule has 1 N–H and O–H groups in total. The maximum Gasteiger partial charge on any atom is 0.262 e. The number of hydrogen-bond donors (Lipinski definition) is 1. The summed E-state index contributed by atoms with van der Waals surface area (Å²) in [5.74, 6) is -0.0880. The number of carbonyl (C=O) groups excluding carboxylic acids is 1. The maximum atomic E-state index is 13.2. The Morgan fingerprint density at radius 1 is 1.23 bits per heavy atom. The smallest absolute Gasteiger partial charge is 0.262 e. The molecule has 6 nitrogen and oxygen atoms in total. The third-order valence-electron chi connectivity index (χ3n) is 5.20. The van der Waals surface area contributed by atoms with Crippen LogP contribution < -0.4 is 10.9 Å². The van der Waals surface area contributed by atoms with Crippen LogP contribution in [0.3, 0.4) is 0 Å². The highest BCUT2D eigenvalue weighted by atomic mass is 32.2. The van der Waals surface area contributed by atoms with Crippen molar-refractivity contribution in [2.24, 2.45) is 0 Å². The molecule has 7 heteroatoms. The first-order valence-electron chi connectivity index (χ1n) is 10.2. The highest BCUT2D eigenvalue weighted by Gasteiger charge is 2.23. The lowest BCUT2D eigenvalue weighted by Crippen LogP contribution is -2.33. The van der Waals surface area contributed by atoms with E-state index in [1.165, 1.54) is 11.8 Å². The topological polar surface area (TPSA) is 73.2 Å². The number of nitrogens with zero attached hydrogens (tertiary/aromatic N) is 2. The van der Waals surface area contributed by atoms with Gasteiger partial charge in [0.1, 0.15) is 0 Å². The minimum absolute atomic E-state index is 0.00669. The first kappa shape index (κ1) is 20.6. The molecule has 0 saturated carbocycles. The van der Waals surface area contributed by atoms with Gasteiger partial charge in [0.25, 0.3) is 5.56 Å². The molecule has 0 radical (unpaired) electrons. The molecule has 156 valence electrons. The van der Waals surface area contributed by atoms with Gasteiger partial charge in [-0.15, -0.1) is 0 Å². The monoisotopic (exact) mass is 423 g/mol. The summed E-state index contributed by atoms with van der Waals surface area (Å²) in [6.07, 6.45) is 1.93. The van der Waals surface area contributed by atoms with Crippen molar-refractivity contribution in [1.82, 2.24) is 14.9 Å². The van der Waals surface area contributed by atoms with Crippen LogP contribution in [0.1, 0.15) is 25.3 Å². The highest BCUT2D eigenvalue weighted by Crippen LogP contribution is 2.24. The normalized spacial score (nSPS) is 17.2. The van der Waals surface area contributed by atoms with Crippen molar-refractivity contribution in [2.45, 2.75) is 49.4 Å². The summed E-state index contributed by atoms with van der Waals surface area (Å²) in [7, 11) is 0. The zero-order valence-electron chi connectivity index (χ0n) is 16.9. The van der Waals surface area contributed by atoms with E-state index in [0.717, 1.165) is 25.0 Å². The summed E-state index contributed by atoms with van der Waals surface area (Å²) in [6, 6.07) is 17.1. The van der Waals surface area contributed by atoms with Crippen LogP contribution in [-0.4, -0.2) is 33.4 Å². The first-order chi connectivity index (χ1) is 14.6. The Kier molecular flexibility index (Phi) is 6.50. The van der Waals surface area contributed by atoms with Crippen molar-refractivity contribution in [3.05, 3.63) is 70.5 Å². The Morgan fingerprint density at radius 2 is 2.00 bits per heavy atom. The molecule has 3 aromatic rings. The van der Waals surface area contributed by atoms with Gasteiger partial charge in [0.15, 0.2) is 5.16 Å². The van der Waals surface area contributed by atoms with Crippen molar-refractivity contribution < 1.29 is 9.53 Å². The average Bonchev–Trinajstić information content (AvgIpc) is 3.28. The van der Waals surface area contributed by atoms with Gasteiger partial charge in [0.05, 0.1) is 28.8 Å². The zero-order chi connectivity index (χ0) is 20.9. The Bertz CT molecular complexity index is 1080. The third-order valence-corrected chi connectivity index (χ3v) is 6.29. The van der Waals surface area contributed by atoms with Crippen LogP contribution in [0.2, 0.25) is 0 Å². The SMILES string of the molecule is C[C@@H](Sc1nc2ccccc2c(=O)n1C[C@@H]1CCCO1)C(=O)NCc1ccccc1. The van der Waals surface area contributed by atoms with Gasteiger partial charge in [-0.1, -0.05) is 54.2 Å². The molecule has 4 rings (SSSR count). The standard InChI is InChI=1S/C23H25N3O3S/c1-16(21(27)24-14-17-8-3-2-4-9-17)30-23-25-20-12-6-5-11-19(20)22(28)26(23)15-18-10-7-13-29-18/h2-6,8-9,11-12,16,18H,7,10,13-15H2,1H3,(H,24,27)/t16-,18+/m1/s1. The van der Waals surface area contributed by atoms with Crippen molar-refractivity contribution in [2.75, 3.05) is 6.61 Å². The van der Waals surface area contributed by atoms with Gasteiger partial charge in [-0.25, -0.2) is 4.98 Å². The van der Waals surface area contributed by atoms with Gasteiger partial charge < -0.3 is 10.1 Å². The number of hydrogen-bond acceptors (Lipinski definition) is 5. The van der Waals surface area contributed by atoms with Crippen LogP contribution in [0.4, 0.5) is 0 Å². The number of nitrogens with one attached hydrogen (secondary N) is 1. The van der Waals surface area contributed by atoms with Crippen LogP contribution in [-0.2, 0) is 22.6 Å². The molecule has 2 heterocycles. The Hall–Kier alpha value is -2.64. The molecular weight excluding hydrogens is 398 g/mol. The zero-order valence-corrected chi connectivity index (χ0v) is 17.7. The fourth-order valence-corrected chi connectivity index (χ4v) is 4.47. The molecule has 1 amide bonds. The molecule has 0 bridgehead atoms. The molecule has 30 heavy (non-hydrogen) atoms. The molecule has 1 fully saturated rings. The highest BCUT2D eigenvalue weighted by molar-refractivity contribution is 8.00. The molecule has 1 aliphatic rings. The number of amides is 1. The van der Waals surface area contributed by atoms with E-state index in [1.807, 2.05) is 55.5 Å².